The van der Waals surface area contributed by atoms with Crippen LogP contribution in [0.15, 0.2) is 72.8 Å². The van der Waals surface area contributed by atoms with Gasteiger partial charge in [0.2, 0.25) is 5.78 Å². The minimum atomic E-state index is -1.09. The van der Waals surface area contributed by atoms with Crippen molar-refractivity contribution in [3.63, 3.8) is 0 Å². The number of halogens is 3. The maximum absolute atomic E-state index is 13.0. The average Bonchev–Trinajstić information content (AvgIpc) is 2.70. The monoisotopic (exact) mass is 432 g/mol. The molecule has 0 spiro atoms. The Kier molecular flexibility index (Phi) is 6.57. The van der Waals surface area contributed by atoms with Crippen LogP contribution in [-0.2, 0) is 0 Å². The number of ketones is 1. The van der Waals surface area contributed by atoms with Gasteiger partial charge in [-0.3, -0.25) is 9.59 Å². The molecule has 4 nitrogen and oxygen atoms in total. The normalized spacial score (nSPS) is 11.5. The van der Waals surface area contributed by atoms with Gasteiger partial charge in [0.25, 0.3) is 5.91 Å². The quantitative estimate of drug-likeness (QED) is 0.387. The number of hydrogen-bond acceptors (Lipinski definition) is 3. The Balaban J connectivity index is 1.93. The summed E-state index contributed by atoms with van der Waals surface area (Å²) in [6, 6.07) is 20.2. The van der Waals surface area contributed by atoms with Crippen LogP contribution in [0.5, 0.6) is 0 Å². The number of carbonyl (C=O) groups excluding carboxylic acids is 2. The highest BCUT2D eigenvalue weighted by Crippen LogP contribution is 2.34. The van der Waals surface area contributed by atoms with Gasteiger partial charge in [-0.25, -0.2) is 0 Å². The van der Waals surface area contributed by atoms with Gasteiger partial charge in [0, 0.05) is 16.1 Å². The van der Waals surface area contributed by atoms with Crippen LogP contribution in [0.2, 0.25) is 15.1 Å². The smallest absolute Gasteiger partial charge is 0.253 e. The molecular weight excluding hydrogens is 419 g/mol. The van der Waals surface area contributed by atoms with Gasteiger partial charge in [-0.2, -0.15) is 0 Å². The van der Waals surface area contributed by atoms with Crippen molar-refractivity contribution < 1.29 is 9.59 Å². The Morgan fingerprint density at radius 3 is 1.79 bits per heavy atom. The predicted molar refractivity (Wildman–Crippen MR) is 114 cm³/mol. The van der Waals surface area contributed by atoms with E-state index >= 15 is 0 Å². The van der Waals surface area contributed by atoms with Crippen LogP contribution in [0.4, 0.5) is 5.69 Å². The molecule has 142 valence electrons. The number of rotatable bonds is 6. The summed E-state index contributed by atoms with van der Waals surface area (Å²) >= 11 is 18.4. The minimum absolute atomic E-state index is 0.234. The molecule has 0 aromatic heterocycles. The number of anilines is 1. The van der Waals surface area contributed by atoms with Crippen LogP contribution in [0.1, 0.15) is 20.7 Å². The third-order valence-corrected chi connectivity index (χ3v) is 4.74. The second-order valence-corrected chi connectivity index (χ2v) is 7.14. The number of Topliss-reactive ketones (excluding diaryl/α,β-unsaturated/α-hetero) is 1. The van der Waals surface area contributed by atoms with Crippen molar-refractivity contribution in [2.45, 2.75) is 6.17 Å². The molecule has 0 saturated carbocycles. The molecule has 3 aromatic rings. The molecule has 28 heavy (non-hydrogen) atoms. The molecule has 2 N–H and O–H groups in total. The molecule has 0 aliphatic rings. The molecule has 0 radical (unpaired) electrons. The Hall–Kier alpha value is -2.53. The largest absolute Gasteiger partial charge is 0.356 e. The van der Waals surface area contributed by atoms with E-state index in [0.717, 1.165) is 0 Å². The van der Waals surface area contributed by atoms with E-state index < -0.39 is 12.1 Å². The first-order valence-electron chi connectivity index (χ1n) is 8.32. The zero-order valence-corrected chi connectivity index (χ0v) is 16.7. The molecule has 0 aliphatic heterocycles. The van der Waals surface area contributed by atoms with Gasteiger partial charge in [0.1, 0.15) is 0 Å². The fourth-order valence-corrected chi connectivity index (χ4v) is 3.49. The van der Waals surface area contributed by atoms with Gasteiger partial charge in [0.05, 0.1) is 15.7 Å². The first kappa shape index (κ1) is 20.2. The first-order chi connectivity index (χ1) is 13.5. The van der Waals surface area contributed by atoms with E-state index in [1.165, 1.54) is 12.1 Å². The first-order valence-corrected chi connectivity index (χ1v) is 9.45. The molecular formula is C21H15Cl3N2O2. The minimum Gasteiger partial charge on any atom is -0.356 e. The van der Waals surface area contributed by atoms with Gasteiger partial charge in [-0.15, -0.1) is 0 Å². The lowest BCUT2D eigenvalue weighted by Gasteiger charge is -2.22. The van der Waals surface area contributed by atoms with Crippen LogP contribution in [0.25, 0.3) is 0 Å². The van der Waals surface area contributed by atoms with Gasteiger partial charge in [-0.05, 0) is 24.3 Å². The topological polar surface area (TPSA) is 58.2 Å². The Morgan fingerprint density at radius 2 is 1.25 bits per heavy atom. The van der Waals surface area contributed by atoms with Crippen LogP contribution < -0.4 is 10.6 Å². The van der Waals surface area contributed by atoms with E-state index in [9.17, 15) is 9.59 Å². The van der Waals surface area contributed by atoms with Gasteiger partial charge in [-0.1, -0.05) is 83.3 Å². The lowest BCUT2D eigenvalue weighted by atomic mass is 10.1. The summed E-state index contributed by atoms with van der Waals surface area (Å²) < 4.78 is 0. The van der Waals surface area contributed by atoms with E-state index in [0.29, 0.717) is 21.8 Å². The summed E-state index contributed by atoms with van der Waals surface area (Å²) in [7, 11) is 0. The molecule has 3 rings (SSSR count). The highest BCUT2D eigenvalue weighted by molar-refractivity contribution is 6.41. The zero-order chi connectivity index (χ0) is 20.1. The van der Waals surface area contributed by atoms with Crippen LogP contribution >= 0.6 is 34.8 Å². The van der Waals surface area contributed by atoms with Crippen molar-refractivity contribution in [2.24, 2.45) is 0 Å². The molecule has 0 heterocycles. The lowest BCUT2D eigenvalue weighted by Crippen LogP contribution is -2.46. The number of benzene rings is 3. The van der Waals surface area contributed by atoms with E-state index in [1.54, 1.807) is 60.7 Å². The number of carbonyl (C=O) groups is 2. The summed E-state index contributed by atoms with van der Waals surface area (Å²) in [5, 5.41) is 6.47. The summed E-state index contributed by atoms with van der Waals surface area (Å²) in [6.45, 7) is 0. The van der Waals surface area contributed by atoms with Gasteiger partial charge < -0.3 is 10.6 Å². The molecule has 1 unspecified atom stereocenters. The number of nitrogens with one attached hydrogen (secondary N) is 2. The maximum atomic E-state index is 13.0. The highest BCUT2D eigenvalue weighted by atomic mass is 35.5. The fourth-order valence-electron chi connectivity index (χ4n) is 2.56. The molecule has 1 amide bonds. The fraction of sp³-hybridized carbons (Fsp3) is 0.0476. The van der Waals surface area contributed by atoms with E-state index in [-0.39, 0.29) is 15.8 Å². The summed E-state index contributed by atoms with van der Waals surface area (Å²) in [6.07, 6.45) is -1.09. The second-order valence-electron chi connectivity index (χ2n) is 5.89. The molecule has 0 aliphatic carbocycles. The van der Waals surface area contributed by atoms with Crippen molar-refractivity contribution in [2.75, 3.05) is 5.32 Å². The molecule has 0 bridgehead atoms. The van der Waals surface area contributed by atoms with Crippen molar-refractivity contribution in [3.8, 4) is 0 Å². The third-order valence-electron chi connectivity index (χ3n) is 3.93. The SMILES string of the molecule is O=C(NC(Nc1c(Cl)cc(Cl)cc1Cl)C(=O)c1ccccc1)c1ccccc1. The summed E-state index contributed by atoms with van der Waals surface area (Å²) in [4.78, 5) is 25.6. The van der Waals surface area contributed by atoms with Gasteiger partial charge in [0.15, 0.2) is 6.17 Å². The molecule has 3 aromatic carbocycles. The Bertz CT molecular complexity index is 972. The van der Waals surface area contributed by atoms with Crippen LogP contribution in [0.3, 0.4) is 0 Å². The molecule has 0 saturated heterocycles. The van der Waals surface area contributed by atoms with Crippen LogP contribution in [0, 0.1) is 0 Å². The Labute approximate surface area is 177 Å². The highest BCUT2D eigenvalue weighted by Gasteiger charge is 2.24. The Morgan fingerprint density at radius 1 is 0.750 bits per heavy atom. The van der Waals surface area contributed by atoms with E-state index in [4.69, 9.17) is 34.8 Å². The van der Waals surface area contributed by atoms with Crippen molar-refractivity contribution in [3.05, 3.63) is 99.0 Å². The molecule has 0 fully saturated rings. The number of hydrogen-bond donors (Lipinski definition) is 2. The number of amides is 1. The van der Waals surface area contributed by atoms with Gasteiger partial charge >= 0.3 is 0 Å². The van der Waals surface area contributed by atoms with Crippen molar-refractivity contribution in [1.82, 2.24) is 5.32 Å². The zero-order valence-electron chi connectivity index (χ0n) is 14.5. The van der Waals surface area contributed by atoms with E-state index in [2.05, 4.69) is 10.6 Å². The van der Waals surface area contributed by atoms with E-state index in [1.807, 2.05) is 0 Å². The predicted octanol–water partition coefficient (Wildman–Crippen LogP) is 5.70. The summed E-state index contributed by atoms with van der Waals surface area (Å²) in [5.41, 5.74) is 1.15. The maximum Gasteiger partial charge on any atom is 0.253 e. The average molecular weight is 434 g/mol. The molecule has 1 atom stereocenters. The standard InChI is InChI=1S/C21H15Cl3N2O2/c22-15-11-16(23)18(17(24)12-15)25-20(19(27)13-7-3-1-4-8-13)26-21(28)14-9-5-2-6-10-14/h1-12,20,25H,(H,26,28). The van der Waals surface area contributed by atoms with Crippen molar-refractivity contribution >= 4 is 52.2 Å². The van der Waals surface area contributed by atoms with Crippen molar-refractivity contribution in [1.29, 1.82) is 0 Å². The van der Waals surface area contributed by atoms with Crippen LogP contribution in [-0.4, -0.2) is 17.9 Å². The lowest BCUT2D eigenvalue weighted by molar-refractivity contribution is 0.0869. The molecule has 7 heteroatoms. The second kappa shape index (κ2) is 9.11. The summed E-state index contributed by atoms with van der Waals surface area (Å²) in [5.74, 6) is -0.754. The third kappa shape index (κ3) is 4.84.